The molecule has 0 fully saturated rings. The molecule has 1 aromatic heterocycles. The van der Waals surface area contributed by atoms with Crippen LogP contribution in [0.2, 0.25) is 0 Å². The third-order valence-corrected chi connectivity index (χ3v) is 2.92. The maximum atomic E-state index is 5.87. The molecule has 1 heterocycles. The van der Waals surface area contributed by atoms with Crippen LogP contribution < -0.4 is 10.1 Å². The van der Waals surface area contributed by atoms with E-state index in [1.807, 2.05) is 18.2 Å². The lowest BCUT2D eigenvalue weighted by molar-refractivity contribution is 0.323. The van der Waals surface area contributed by atoms with E-state index in [-0.39, 0.29) is 5.41 Å². The third kappa shape index (κ3) is 3.95. The molecule has 20 heavy (non-hydrogen) atoms. The van der Waals surface area contributed by atoms with Crippen molar-refractivity contribution in [1.82, 2.24) is 9.97 Å². The summed E-state index contributed by atoms with van der Waals surface area (Å²) < 4.78 is 5.87. The minimum atomic E-state index is 0.0783. The van der Waals surface area contributed by atoms with Gasteiger partial charge in [-0.1, -0.05) is 39.0 Å². The molecule has 1 aromatic carbocycles. The molecular weight excluding hydrogens is 250 g/mol. The zero-order valence-electron chi connectivity index (χ0n) is 12.3. The lowest BCUT2D eigenvalue weighted by atomic mass is 9.86. The van der Waals surface area contributed by atoms with Crippen molar-refractivity contribution in [2.24, 2.45) is 0 Å². The van der Waals surface area contributed by atoms with Crippen LogP contribution in [-0.2, 0) is 5.41 Å². The van der Waals surface area contributed by atoms with Crippen LogP contribution in [0.4, 0.5) is 5.82 Å². The summed E-state index contributed by atoms with van der Waals surface area (Å²) in [5, 5.41) is 3.17. The highest BCUT2D eigenvalue weighted by atomic mass is 16.5. The molecule has 0 unspecified atom stereocenters. The van der Waals surface area contributed by atoms with E-state index >= 15 is 0 Å². The molecule has 0 saturated heterocycles. The molecule has 0 aliphatic heterocycles. The fraction of sp³-hybridized carbons (Fsp3) is 0.375. The number of para-hydroxylation sites is 1. The Labute approximate surface area is 120 Å². The molecular formula is C16H21N3O. The monoisotopic (exact) mass is 271 g/mol. The number of hydrogen-bond acceptors (Lipinski definition) is 4. The van der Waals surface area contributed by atoms with Gasteiger partial charge in [0.1, 0.15) is 18.2 Å². The molecule has 0 amide bonds. The highest BCUT2D eigenvalue weighted by molar-refractivity contribution is 5.38. The summed E-state index contributed by atoms with van der Waals surface area (Å²) in [6, 6.07) is 8.18. The number of hydrogen-bond donors (Lipinski definition) is 1. The molecule has 0 aliphatic carbocycles. The number of nitrogens with one attached hydrogen (secondary N) is 1. The molecule has 4 heteroatoms. The van der Waals surface area contributed by atoms with Crippen molar-refractivity contribution in [2.45, 2.75) is 26.2 Å². The number of benzene rings is 1. The van der Waals surface area contributed by atoms with Crippen molar-refractivity contribution in [1.29, 1.82) is 0 Å². The minimum Gasteiger partial charge on any atom is -0.491 e. The van der Waals surface area contributed by atoms with Gasteiger partial charge in [-0.3, -0.25) is 4.98 Å². The molecule has 4 nitrogen and oxygen atoms in total. The Hall–Kier alpha value is -2.10. The summed E-state index contributed by atoms with van der Waals surface area (Å²) in [6.07, 6.45) is 5.02. The second kappa shape index (κ2) is 6.37. The van der Waals surface area contributed by atoms with Crippen LogP contribution in [0, 0.1) is 0 Å². The van der Waals surface area contributed by atoms with E-state index in [4.69, 9.17) is 4.74 Å². The van der Waals surface area contributed by atoms with Gasteiger partial charge in [-0.25, -0.2) is 4.98 Å². The van der Waals surface area contributed by atoms with Gasteiger partial charge in [-0.2, -0.15) is 0 Å². The Morgan fingerprint density at radius 2 is 1.95 bits per heavy atom. The van der Waals surface area contributed by atoms with E-state index in [9.17, 15) is 0 Å². The summed E-state index contributed by atoms with van der Waals surface area (Å²) in [5.41, 5.74) is 1.30. The first-order valence-corrected chi connectivity index (χ1v) is 6.79. The molecule has 0 saturated carbocycles. The smallest absolute Gasteiger partial charge is 0.144 e. The molecule has 106 valence electrons. The zero-order chi connectivity index (χ0) is 14.4. The van der Waals surface area contributed by atoms with Crippen LogP contribution in [0.5, 0.6) is 5.75 Å². The van der Waals surface area contributed by atoms with Crippen molar-refractivity contribution >= 4 is 5.82 Å². The minimum absolute atomic E-state index is 0.0783. The van der Waals surface area contributed by atoms with Crippen LogP contribution in [0.3, 0.4) is 0 Å². The summed E-state index contributed by atoms with van der Waals surface area (Å²) in [5.74, 6) is 1.71. The van der Waals surface area contributed by atoms with Crippen LogP contribution in [0.15, 0.2) is 42.9 Å². The maximum Gasteiger partial charge on any atom is 0.144 e. The van der Waals surface area contributed by atoms with Gasteiger partial charge in [0, 0.05) is 12.4 Å². The molecule has 0 aliphatic rings. The Balaban J connectivity index is 1.89. The second-order valence-electron chi connectivity index (χ2n) is 5.61. The first-order valence-electron chi connectivity index (χ1n) is 6.79. The normalized spacial score (nSPS) is 11.2. The highest BCUT2D eigenvalue weighted by Crippen LogP contribution is 2.30. The Morgan fingerprint density at radius 3 is 2.65 bits per heavy atom. The lowest BCUT2D eigenvalue weighted by Gasteiger charge is -2.22. The van der Waals surface area contributed by atoms with E-state index in [1.54, 1.807) is 18.6 Å². The first kappa shape index (κ1) is 14.3. The largest absolute Gasteiger partial charge is 0.491 e. The predicted octanol–water partition coefficient (Wildman–Crippen LogP) is 3.27. The van der Waals surface area contributed by atoms with Crippen LogP contribution in [0.1, 0.15) is 26.3 Å². The molecule has 2 aromatic rings. The number of anilines is 1. The first-order chi connectivity index (χ1) is 9.57. The standard InChI is InChI=1S/C16H21N3O/c1-16(2,3)13-6-4-5-7-14(13)20-11-10-19-15-12-17-8-9-18-15/h4-9,12H,10-11H2,1-3H3,(H,18,19). The van der Waals surface area contributed by atoms with Crippen LogP contribution in [0.25, 0.3) is 0 Å². The van der Waals surface area contributed by atoms with Gasteiger partial charge >= 0.3 is 0 Å². The molecule has 0 bridgehead atoms. The molecule has 0 radical (unpaired) electrons. The second-order valence-corrected chi connectivity index (χ2v) is 5.61. The van der Waals surface area contributed by atoms with Crippen molar-refractivity contribution in [2.75, 3.05) is 18.5 Å². The van der Waals surface area contributed by atoms with Gasteiger partial charge in [0.05, 0.1) is 12.7 Å². The van der Waals surface area contributed by atoms with E-state index in [0.717, 1.165) is 11.6 Å². The van der Waals surface area contributed by atoms with Crippen molar-refractivity contribution in [3.63, 3.8) is 0 Å². The number of rotatable bonds is 5. The van der Waals surface area contributed by atoms with E-state index in [1.165, 1.54) is 5.56 Å². The number of aromatic nitrogens is 2. The van der Waals surface area contributed by atoms with Gasteiger partial charge in [0.15, 0.2) is 0 Å². The van der Waals surface area contributed by atoms with Crippen molar-refractivity contribution in [3.05, 3.63) is 48.4 Å². The molecule has 2 rings (SSSR count). The van der Waals surface area contributed by atoms with Gasteiger partial charge in [-0.15, -0.1) is 0 Å². The van der Waals surface area contributed by atoms with Gasteiger partial charge < -0.3 is 10.1 Å². The topological polar surface area (TPSA) is 47.0 Å². The third-order valence-electron chi connectivity index (χ3n) is 2.92. The average Bonchev–Trinajstić information content (AvgIpc) is 2.44. The van der Waals surface area contributed by atoms with Gasteiger partial charge in [-0.05, 0) is 17.0 Å². The zero-order valence-corrected chi connectivity index (χ0v) is 12.3. The van der Waals surface area contributed by atoms with Crippen molar-refractivity contribution in [3.8, 4) is 5.75 Å². The summed E-state index contributed by atoms with van der Waals surface area (Å²) in [4.78, 5) is 8.15. The SMILES string of the molecule is CC(C)(C)c1ccccc1OCCNc1cnccn1. The number of nitrogens with zero attached hydrogens (tertiary/aromatic N) is 2. The predicted molar refractivity (Wildman–Crippen MR) is 81.2 cm³/mol. The Morgan fingerprint density at radius 1 is 1.15 bits per heavy atom. The highest BCUT2D eigenvalue weighted by Gasteiger charge is 2.18. The van der Waals surface area contributed by atoms with Crippen LogP contribution in [-0.4, -0.2) is 23.1 Å². The lowest BCUT2D eigenvalue weighted by Crippen LogP contribution is -2.16. The van der Waals surface area contributed by atoms with Gasteiger partial charge in [0.2, 0.25) is 0 Å². The number of ether oxygens (including phenoxy) is 1. The average molecular weight is 271 g/mol. The molecule has 0 atom stereocenters. The Bertz CT molecular complexity index is 535. The van der Waals surface area contributed by atoms with E-state index in [2.05, 4.69) is 42.1 Å². The van der Waals surface area contributed by atoms with E-state index in [0.29, 0.717) is 13.2 Å². The summed E-state index contributed by atoms with van der Waals surface area (Å²) in [6.45, 7) is 7.84. The maximum absolute atomic E-state index is 5.87. The van der Waals surface area contributed by atoms with Crippen molar-refractivity contribution < 1.29 is 4.74 Å². The molecule has 0 spiro atoms. The quantitative estimate of drug-likeness (QED) is 0.848. The fourth-order valence-corrected chi connectivity index (χ4v) is 1.94. The van der Waals surface area contributed by atoms with Crippen LogP contribution >= 0.6 is 0 Å². The fourth-order valence-electron chi connectivity index (χ4n) is 1.94. The van der Waals surface area contributed by atoms with Gasteiger partial charge in [0.25, 0.3) is 0 Å². The summed E-state index contributed by atoms with van der Waals surface area (Å²) >= 11 is 0. The summed E-state index contributed by atoms with van der Waals surface area (Å²) in [7, 11) is 0. The molecule has 1 N–H and O–H groups in total. The Kier molecular flexibility index (Phi) is 4.56. The van der Waals surface area contributed by atoms with E-state index < -0.39 is 0 Å².